The number of nitrogens with zero attached hydrogens (tertiary/aromatic N) is 2. The van der Waals surface area contributed by atoms with Crippen molar-refractivity contribution >= 4 is 0 Å². The zero-order valence-corrected chi connectivity index (χ0v) is 13.5. The van der Waals surface area contributed by atoms with Gasteiger partial charge in [0, 0.05) is 17.3 Å². The standard InChI is InChI=1S/C18H25N3/c1-5-19-15-10-18(3,4)11-17-14(15)12-20-21(17)16-9-7-6-8-13(16)2/h6-9,12,15,19H,5,10-11H2,1-4H3. The summed E-state index contributed by atoms with van der Waals surface area (Å²) in [6, 6.07) is 8.91. The maximum Gasteiger partial charge on any atom is 0.0678 e. The lowest BCUT2D eigenvalue weighted by molar-refractivity contribution is 0.255. The van der Waals surface area contributed by atoms with Crippen molar-refractivity contribution in [2.75, 3.05) is 6.54 Å². The molecule has 0 saturated carbocycles. The minimum Gasteiger partial charge on any atom is -0.310 e. The first kappa shape index (κ1) is 14.3. The number of rotatable bonds is 3. The third-order valence-electron chi connectivity index (χ3n) is 4.47. The average Bonchev–Trinajstić information content (AvgIpc) is 2.82. The number of aryl methyl sites for hydroxylation is 1. The first-order chi connectivity index (χ1) is 10.0. The fourth-order valence-corrected chi connectivity index (χ4v) is 3.48. The third kappa shape index (κ3) is 2.62. The van der Waals surface area contributed by atoms with Gasteiger partial charge in [0.1, 0.15) is 0 Å². The van der Waals surface area contributed by atoms with Gasteiger partial charge in [0.05, 0.1) is 11.9 Å². The Hall–Kier alpha value is -1.61. The van der Waals surface area contributed by atoms with Crippen molar-refractivity contribution in [2.24, 2.45) is 5.41 Å². The molecule has 1 N–H and O–H groups in total. The molecule has 3 nitrogen and oxygen atoms in total. The lowest BCUT2D eigenvalue weighted by Gasteiger charge is -2.36. The number of hydrogen-bond acceptors (Lipinski definition) is 2. The Kier molecular flexibility index (Phi) is 3.62. The molecule has 1 aromatic carbocycles. The predicted octanol–water partition coefficient (Wildman–Crippen LogP) is 3.80. The van der Waals surface area contributed by atoms with Crippen LogP contribution in [0.2, 0.25) is 0 Å². The maximum atomic E-state index is 4.70. The van der Waals surface area contributed by atoms with Crippen LogP contribution in [0.1, 0.15) is 50.1 Å². The predicted molar refractivity (Wildman–Crippen MR) is 86.8 cm³/mol. The van der Waals surface area contributed by atoms with Gasteiger partial charge in [-0.3, -0.25) is 0 Å². The van der Waals surface area contributed by atoms with Crippen LogP contribution in [0.3, 0.4) is 0 Å². The van der Waals surface area contributed by atoms with Crippen LogP contribution < -0.4 is 5.32 Å². The highest BCUT2D eigenvalue weighted by molar-refractivity contribution is 5.43. The van der Waals surface area contributed by atoms with Gasteiger partial charge in [-0.2, -0.15) is 5.10 Å². The zero-order valence-electron chi connectivity index (χ0n) is 13.5. The van der Waals surface area contributed by atoms with E-state index in [0.717, 1.165) is 13.0 Å². The van der Waals surface area contributed by atoms with E-state index in [9.17, 15) is 0 Å². The van der Waals surface area contributed by atoms with E-state index in [1.165, 1.54) is 28.9 Å². The van der Waals surface area contributed by atoms with Crippen molar-refractivity contribution < 1.29 is 0 Å². The number of nitrogens with one attached hydrogen (secondary N) is 1. The number of benzene rings is 1. The van der Waals surface area contributed by atoms with Crippen LogP contribution in [0.4, 0.5) is 0 Å². The van der Waals surface area contributed by atoms with E-state index in [2.05, 4.69) is 68.2 Å². The first-order valence-electron chi connectivity index (χ1n) is 7.88. The van der Waals surface area contributed by atoms with E-state index in [1.54, 1.807) is 0 Å². The molecule has 0 saturated heterocycles. The Bertz CT molecular complexity index is 640. The smallest absolute Gasteiger partial charge is 0.0678 e. The van der Waals surface area contributed by atoms with Gasteiger partial charge in [-0.15, -0.1) is 0 Å². The van der Waals surface area contributed by atoms with Gasteiger partial charge in [-0.25, -0.2) is 4.68 Å². The monoisotopic (exact) mass is 283 g/mol. The molecule has 2 aromatic rings. The maximum absolute atomic E-state index is 4.70. The Morgan fingerprint density at radius 2 is 2.10 bits per heavy atom. The summed E-state index contributed by atoms with van der Waals surface area (Å²) in [4.78, 5) is 0. The van der Waals surface area contributed by atoms with Gasteiger partial charge in [0.25, 0.3) is 0 Å². The summed E-state index contributed by atoms with van der Waals surface area (Å²) in [7, 11) is 0. The van der Waals surface area contributed by atoms with E-state index in [0.29, 0.717) is 11.5 Å². The lowest BCUT2D eigenvalue weighted by Crippen LogP contribution is -2.33. The van der Waals surface area contributed by atoms with Crippen LogP contribution >= 0.6 is 0 Å². The molecule has 0 amide bonds. The molecule has 1 aliphatic carbocycles. The van der Waals surface area contributed by atoms with Crippen molar-refractivity contribution in [3.8, 4) is 5.69 Å². The molecule has 1 aliphatic rings. The van der Waals surface area contributed by atoms with Gasteiger partial charge >= 0.3 is 0 Å². The molecule has 1 heterocycles. The molecule has 0 fully saturated rings. The summed E-state index contributed by atoms with van der Waals surface area (Å²) in [6.07, 6.45) is 4.32. The molecule has 1 atom stereocenters. The summed E-state index contributed by atoms with van der Waals surface area (Å²) >= 11 is 0. The molecule has 0 radical (unpaired) electrons. The summed E-state index contributed by atoms with van der Waals surface area (Å²) < 4.78 is 2.15. The van der Waals surface area contributed by atoms with E-state index in [-0.39, 0.29) is 0 Å². The van der Waals surface area contributed by atoms with Gasteiger partial charge in [0.15, 0.2) is 0 Å². The molecule has 0 spiro atoms. The van der Waals surface area contributed by atoms with Crippen molar-refractivity contribution in [3.05, 3.63) is 47.3 Å². The van der Waals surface area contributed by atoms with Crippen LogP contribution in [0.15, 0.2) is 30.5 Å². The van der Waals surface area contributed by atoms with Crippen molar-refractivity contribution in [3.63, 3.8) is 0 Å². The molecule has 1 unspecified atom stereocenters. The lowest BCUT2D eigenvalue weighted by atomic mass is 9.74. The van der Waals surface area contributed by atoms with E-state index in [1.807, 2.05) is 0 Å². The summed E-state index contributed by atoms with van der Waals surface area (Å²) in [5.41, 5.74) is 5.52. The van der Waals surface area contributed by atoms with Gasteiger partial charge in [-0.1, -0.05) is 39.0 Å². The molecular weight excluding hydrogens is 258 g/mol. The zero-order chi connectivity index (χ0) is 15.0. The molecule has 0 bridgehead atoms. The van der Waals surface area contributed by atoms with Crippen LogP contribution in [0.5, 0.6) is 0 Å². The number of para-hydroxylation sites is 1. The minimum atomic E-state index is 0.306. The molecule has 21 heavy (non-hydrogen) atoms. The highest BCUT2D eigenvalue weighted by atomic mass is 15.3. The summed E-state index contributed by atoms with van der Waals surface area (Å²) in [5.74, 6) is 0. The fraction of sp³-hybridized carbons (Fsp3) is 0.500. The highest BCUT2D eigenvalue weighted by Gasteiger charge is 2.34. The molecule has 0 aliphatic heterocycles. The van der Waals surface area contributed by atoms with Crippen molar-refractivity contribution in [1.29, 1.82) is 0 Å². The Labute approximate surface area is 127 Å². The van der Waals surface area contributed by atoms with Gasteiger partial charge in [-0.05, 0) is 43.4 Å². The molecule has 3 heteroatoms. The van der Waals surface area contributed by atoms with Crippen molar-refractivity contribution in [1.82, 2.24) is 15.1 Å². The molecule has 3 rings (SSSR count). The van der Waals surface area contributed by atoms with Crippen LogP contribution in [-0.4, -0.2) is 16.3 Å². The molecular formula is C18H25N3. The van der Waals surface area contributed by atoms with Crippen LogP contribution in [0, 0.1) is 12.3 Å². The van der Waals surface area contributed by atoms with E-state index in [4.69, 9.17) is 5.10 Å². The molecule has 112 valence electrons. The van der Waals surface area contributed by atoms with Crippen LogP contribution in [0.25, 0.3) is 5.69 Å². The quantitative estimate of drug-likeness (QED) is 0.928. The first-order valence-corrected chi connectivity index (χ1v) is 7.88. The second-order valence-corrected chi connectivity index (χ2v) is 6.90. The summed E-state index contributed by atoms with van der Waals surface area (Å²) in [5, 5.41) is 8.33. The molecule has 1 aromatic heterocycles. The third-order valence-corrected chi connectivity index (χ3v) is 4.47. The van der Waals surface area contributed by atoms with Gasteiger partial charge < -0.3 is 5.32 Å². The average molecular weight is 283 g/mol. The number of aromatic nitrogens is 2. The van der Waals surface area contributed by atoms with E-state index >= 15 is 0 Å². The Morgan fingerprint density at radius 3 is 2.81 bits per heavy atom. The normalized spacial score (nSPS) is 20.3. The summed E-state index contributed by atoms with van der Waals surface area (Å²) in [6.45, 7) is 10.0. The van der Waals surface area contributed by atoms with Crippen LogP contribution in [-0.2, 0) is 6.42 Å². The van der Waals surface area contributed by atoms with Gasteiger partial charge in [0.2, 0.25) is 0 Å². The largest absolute Gasteiger partial charge is 0.310 e. The highest BCUT2D eigenvalue weighted by Crippen LogP contribution is 2.41. The number of hydrogen-bond donors (Lipinski definition) is 1. The second-order valence-electron chi connectivity index (χ2n) is 6.90. The fourth-order valence-electron chi connectivity index (χ4n) is 3.48. The second kappa shape index (κ2) is 5.30. The minimum absolute atomic E-state index is 0.306. The Balaban J connectivity index is 2.09. The topological polar surface area (TPSA) is 29.9 Å². The number of fused-ring (bicyclic) bond motifs is 1. The SMILES string of the molecule is CCNC1CC(C)(C)Cc2c1cnn2-c1ccccc1C. The Morgan fingerprint density at radius 1 is 1.33 bits per heavy atom. The van der Waals surface area contributed by atoms with Crippen molar-refractivity contribution in [2.45, 2.75) is 46.6 Å². The van der Waals surface area contributed by atoms with E-state index < -0.39 is 0 Å².